The van der Waals surface area contributed by atoms with Crippen LogP contribution < -0.4 is 0 Å². The van der Waals surface area contributed by atoms with Gasteiger partial charge in [-0.05, 0) is 31.1 Å². The minimum atomic E-state index is -1.92. The van der Waals surface area contributed by atoms with E-state index in [1.807, 2.05) is 0 Å². The van der Waals surface area contributed by atoms with E-state index >= 15 is 0 Å². The molecule has 0 rings (SSSR count). The fraction of sp³-hybridized carbons (Fsp3) is 0.800. The number of hydrogen-bond acceptors (Lipinski definition) is 5. The molecule has 0 spiro atoms. The van der Waals surface area contributed by atoms with Crippen molar-refractivity contribution in [2.24, 2.45) is 0 Å². The van der Waals surface area contributed by atoms with E-state index in [1.54, 1.807) is 6.92 Å². The maximum atomic E-state index is 11.3. The van der Waals surface area contributed by atoms with Crippen molar-refractivity contribution in [2.45, 2.75) is 58.0 Å². The van der Waals surface area contributed by atoms with Crippen LogP contribution in [0.4, 0.5) is 0 Å². The van der Waals surface area contributed by atoms with Crippen molar-refractivity contribution in [3.8, 4) is 0 Å². The van der Waals surface area contributed by atoms with Crippen LogP contribution in [0, 0.1) is 0 Å². The molecule has 0 unspecified atom stereocenters. The van der Waals surface area contributed by atoms with Gasteiger partial charge in [0.15, 0.2) is 8.32 Å². The van der Waals surface area contributed by atoms with Gasteiger partial charge in [0, 0.05) is 13.2 Å². The lowest BCUT2D eigenvalue weighted by atomic mass is 10.2. The second-order valence-corrected chi connectivity index (χ2v) is 11.3. The number of aliphatic hydroxyl groups is 1. The summed E-state index contributed by atoms with van der Waals surface area (Å²) in [5, 5.41) is 10.2. The van der Waals surface area contributed by atoms with Crippen molar-refractivity contribution in [1.29, 1.82) is 0 Å². The number of carbonyl (C=O) groups is 1. The number of carbonyl (C=O) groups excluding carboxylic acids is 1. The summed E-state index contributed by atoms with van der Waals surface area (Å²) in [6.07, 6.45) is 1.35. The highest BCUT2D eigenvalue weighted by Gasteiger charge is 2.37. The van der Waals surface area contributed by atoms with E-state index in [-0.39, 0.29) is 11.6 Å². The smallest absolute Gasteiger partial charge is 0.330 e. The summed E-state index contributed by atoms with van der Waals surface area (Å²) >= 11 is 0. The van der Waals surface area contributed by atoms with E-state index in [4.69, 9.17) is 13.9 Å². The summed E-state index contributed by atoms with van der Waals surface area (Å²) in [5.74, 6) is -0.447. The molecular formula is C15H30O5Si. The van der Waals surface area contributed by atoms with Gasteiger partial charge in [0.05, 0.1) is 13.2 Å². The molecule has 21 heavy (non-hydrogen) atoms. The van der Waals surface area contributed by atoms with E-state index in [1.165, 1.54) is 19.3 Å². The summed E-state index contributed by atoms with van der Waals surface area (Å²) in [4.78, 5) is 11.3. The van der Waals surface area contributed by atoms with Crippen LogP contribution in [0.1, 0.15) is 27.7 Å². The normalized spacial score (nSPS) is 16.0. The van der Waals surface area contributed by atoms with E-state index in [2.05, 4.69) is 33.9 Å². The Morgan fingerprint density at radius 1 is 1.33 bits per heavy atom. The Hall–Kier alpha value is -0.693. The summed E-state index contributed by atoms with van der Waals surface area (Å²) < 4.78 is 15.9. The van der Waals surface area contributed by atoms with Gasteiger partial charge < -0.3 is 19.0 Å². The highest BCUT2D eigenvalue weighted by molar-refractivity contribution is 6.74. The third-order valence-corrected chi connectivity index (χ3v) is 8.28. The quantitative estimate of drug-likeness (QED) is 0.423. The van der Waals surface area contributed by atoms with Crippen LogP contribution in [0.3, 0.4) is 0 Å². The SMILES string of the molecule is CCOC(=O)/C=C/[C@@H](OC)[C@H](O)CO[Si](C)(C)C(C)(C)C. The fourth-order valence-corrected chi connectivity index (χ4v) is 2.35. The molecule has 0 heterocycles. The molecule has 5 nitrogen and oxygen atoms in total. The van der Waals surface area contributed by atoms with Gasteiger partial charge in [-0.2, -0.15) is 0 Å². The van der Waals surface area contributed by atoms with E-state index in [0.717, 1.165) is 0 Å². The molecule has 1 N–H and O–H groups in total. The van der Waals surface area contributed by atoms with E-state index in [0.29, 0.717) is 6.61 Å². The number of esters is 1. The van der Waals surface area contributed by atoms with Gasteiger partial charge in [0.25, 0.3) is 0 Å². The van der Waals surface area contributed by atoms with Gasteiger partial charge >= 0.3 is 5.97 Å². The van der Waals surface area contributed by atoms with Crippen LogP contribution in [0.2, 0.25) is 18.1 Å². The lowest BCUT2D eigenvalue weighted by Gasteiger charge is -2.37. The van der Waals surface area contributed by atoms with Crippen molar-refractivity contribution in [3.63, 3.8) is 0 Å². The summed E-state index contributed by atoms with van der Waals surface area (Å²) in [6, 6.07) is 0. The van der Waals surface area contributed by atoms with Crippen molar-refractivity contribution < 1.29 is 23.8 Å². The Bertz CT molecular complexity index is 346. The highest BCUT2D eigenvalue weighted by atomic mass is 28.4. The minimum absolute atomic E-state index is 0.0794. The average Bonchev–Trinajstić information content (AvgIpc) is 2.36. The van der Waals surface area contributed by atoms with Gasteiger partial charge in [0.1, 0.15) is 12.2 Å². The second kappa shape index (κ2) is 8.68. The summed E-state index contributed by atoms with van der Waals surface area (Å²) in [6.45, 7) is 12.9. The standard InChI is InChI=1S/C15H30O5Si/c1-8-19-14(17)10-9-13(18-5)12(16)11-20-21(6,7)15(2,3)4/h9-10,12-13,16H,8,11H2,1-7H3/b10-9+/t12-,13-/m1/s1. The van der Waals surface area contributed by atoms with Gasteiger partial charge in [-0.25, -0.2) is 4.79 Å². The third kappa shape index (κ3) is 7.22. The summed E-state index contributed by atoms with van der Waals surface area (Å²) in [5.41, 5.74) is 0. The maximum absolute atomic E-state index is 11.3. The van der Waals surface area contributed by atoms with E-state index in [9.17, 15) is 9.90 Å². The Morgan fingerprint density at radius 3 is 2.33 bits per heavy atom. The zero-order valence-corrected chi connectivity index (χ0v) is 15.3. The molecule has 2 atom stereocenters. The minimum Gasteiger partial charge on any atom is -0.463 e. The van der Waals surface area contributed by atoms with Gasteiger partial charge in [-0.15, -0.1) is 0 Å². The lowest BCUT2D eigenvalue weighted by molar-refractivity contribution is -0.137. The molecule has 0 amide bonds. The van der Waals surface area contributed by atoms with Crippen molar-refractivity contribution in [3.05, 3.63) is 12.2 Å². The Morgan fingerprint density at radius 2 is 1.90 bits per heavy atom. The lowest BCUT2D eigenvalue weighted by Crippen LogP contribution is -2.44. The molecule has 0 bridgehead atoms. The van der Waals surface area contributed by atoms with E-state index < -0.39 is 26.5 Å². The number of ether oxygens (including phenoxy) is 2. The molecule has 0 saturated carbocycles. The average molecular weight is 318 g/mol. The Labute approximate surface area is 129 Å². The molecule has 0 aromatic rings. The number of hydrogen-bond donors (Lipinski definition) is 1. The molecule has 0 aliphatic rings. The Balaban J connectivity index is 4.54. The molecule has 0 aromatic heterocycles. The maximum Gasteiger partial charge on any atom is 0.330 e. The van der Waals surface area contributed by atoms with Crippen LogP contribution >= 0.6 is 0 Å². The topological polar surface area (TPSA) is 65.0 Å². The number of methoxy groups -OCH3 is 1. The number of aliphatic hydroxyl groups excluding tert-OH is 1. The van der Waals surface area contributed by atoms with Crippen LogP contribution in [0.5, 0.6) is 0 Å². The molecule has 0 radical (unpaired) electrons. The predicted octanol–water partition coefficient (Wildman–Crippen LogP) is 2.50. The largest absolute Gasteiger partial charge is 0.463 e. The third-order valence-electron chi connectivity index (χ3n) is 3.78. The first kappa shape index (κ1) is 20.3. The molecule has 6 heteroatoms. The molecule has 0 saturated heterocycles. The van der Waals surface area contributed by atoms with Crippen LogP contribution in [0.15, 0.2) is 12.2 Å². The van der Waals surface area contributed by atoms with Gasteiger partial charge in [0.2, 0.25) is 0 Å². The molecule has 0 aliphatic heterocycles. The predicted molar refractivity (Wildman–Crippen MR) is 85.7 cm³/mol. The molecule has 124 valence electrons. The summed E-state index contributed by atoms with van der Waals surface area (Å²) in [7, 11) is -0.433. The monoisotopic (exact) mass is 318 g/mol. The number of rotatable bonds is 8. The van der Waals surface area contributed by atoms with Gasteiger partial charge in [-0.3, -0.25) is 0 Å². The van der Waals surface area contributed by atoms with Crippen molar-refractivity contribution in [1.82, 2.24) is 0 Å². The zero-order valence-electron chi connectivity index (χ0n) is 14.3. The second-order valence-electron chi connectivity index (χ2n) is 6.45. The van der Waals surface area contributed by atoms with Crippen LogP contribution in [-0.4, -0.2) is 51.9 Å². The molecular weight excluding hydrogens is 288 g/mol. The van der Waals surface area contributed by atoms with Crippen molar-refractivity contribution in [2.75, 3.05) is 20.3 Å². The highest BCUT2D eigenvalue weighted by Crippen LogP contribution is 2.36. The van der Waals surface area contributed by atoms with Crippen LogP contribution in [-0.2, 0) is 18.7 Å². The first-order chi connectivity index (χ1) is 9.55. The first-order valence-corrected chi connectivity index (χ1v) is 10.2. The zero-order chi connectivity index (χ0) is 16.7. The Kier molecular flexibility index (Phi) is 8.39. The molecule has 0 fully saturated rings. The molecule has 0 aliphatic carbocycles. The van der Waals surface area contributed by atoms with Crippen LogP contribution in [0.25, 0.3) is 0 Å². The molecule has 0 aromatic carbocycles. The van der Waals surface area contributed by atoms with Crippen molar-refractivity contribution >= 4 is 14.3 Å². The first-order valence-electron chi connectivity index (χ1n) is 7.25. The fourth-order valence-electron chi connectivity index (χ4n) is 1.33. The van der Waals surface area contributed by atoms with Gasteiger partial charge in [-0.1, -0.05) is 20.8 Å².